The minimum atomic E-state index is -0.607. The van der Waals surface area contributed by atoms with Crippen LogP contribution < -0.4 is 0 Å². The van der Waals surface area contributed by atoms with Gasteiger partial charge in [-0.2, -0.15) is 0 Å². The molecule has 0 bridgehead atoms. The first-order chi connectivity index (χ1) is 9.62. The topological polar surface area (TPSA) is 79.4 Å². The van der Waals surface area contributed by atoms with E-state index in [0.29, 0.717) is 12.0 Å². The van der Waals surface area contributed by atoms with Crippen LogP contribution in [0.15, 0.2) is 36.1 Å². The molecule has 0 aliphatic rings. The molecule has 0 amide bonds. The fourth-order valence-electron chi connectivity index (χ4n) is 1.52. The number of H-pyrrole nitrogens is 1. The summed E-state index contributed by atoms with van der Waals surface area (Å²) in [4.78, 5) is 25.0. The van der Waals surface area contributed by atoms with Crippen molar-refractivity contribution in [2.75, 3.05) is 7.11 Å². The molecule has 1 aromatic heterocycles. The van der Waals surface area contributed by atoms with Gasteiger partial charge in [-0.1, -0.05) is 25.2 Å². The van der Waals surface area contributed by atoms with Gasteiger partial charge in [0, 0.05) is 11.8 Å². The lowest BCUT2D eigenvalue weighted by Gasteiger charge is -1.94. The summed E-state index contributed by atoms with van der Waals surface area (Å²) < 4.78 is 4.56. The Labute approximate surface area is 117 Å². The van der Waals surface area contributed by atoms with E-state index in [4.69, 9.17) is 0 Å². The molecule has 0 aliphatic heterocycles. The van der Waals surface area contributed by atoms with Gasteiger partial charge >= 0.3 is 5.97 Å². The van der Waals surface area contributed by atoms with Crippen molar-refractivity contribution in [2.24, 2.45) is 0 Å². The zero-order valence-electron chi connectivity index (χ0n) is 11.4. The molecule has 0 saturated carbocycles. The molecule has 2 N–H and O–H groups in total. The van der Waals surface area contributed by atoms with Crippen LogP contribution in [0.4, 0.5) is 0 Å². The minimum absolute atomic E-state index is 0.000804. The maximum Gasteiger partial charge on any atom is 0.340 e. The van der Waals surface area contributed by atoms with Crippen LogP contribution in [0.5, 0.6) is 0 Å². The maximum atomic E-state index is 11.4. The van der Waals surface area contributed by atoms with Crippen LogP contribution >= 0.6 is 0 Å². The fraction of sp³-hybridized carbons (Fsp3) is 0.200. The largest absolute Gasteiger partial charge is 0.508 e. The van der Waals surface area contributed by atoms with E-state index in [1.807, 2.05) is 19.1 Å². The van der Waals surface area contributed by atoms with Gasteiger partial charge in [-0.05, 0) is 18.6 Å². The lowest BCUT2D eigenvalue weighted by Crippen LogP contribution is -2.02. The molecule has 5 heteroatoms. The molecule has 0 fully saturated rings. The number of esters is 1. The lowest BCUT2D eigenvalue weighted by molar-refractivity contribution is 0.0598. The quantitative estimate of drug-likeness (QED) is 0.362. The van der Waals surface area contributed by atoms with E-state index < -0.39 is 5.97 Å². The third kappa shape index (κ3) is 4.28. The third-order valence-corrected chi connectivity index (χ3v) is 2.45. The van der Waals surface area contributed by atoms with Crippen molar-refractivity contribution >= 4 is 18.3 Å². The number of aliphatic hydroxyl groups excluding tert-OH is 1. The number of ether oxygens (including phenoxy) is 1. The van der Waals surface area contributed by atoms with Gasteiger partial charge in [0.05, 0.1) is 18.4 Å². The van der Waals surface area contributed by atoms with Crippen molar-refractivity contribution in [1.29, 1.82) is 0 Å². The molecule has 1 aromatic rings. The van der Waals surface area contributed by atoms with Gasteiger partial charge in [-0.3, -0.25) is 4.79 Å². The van der Waals surface area contributed by atoms with Crippen molar-refractivity contribution < 1.29 is 19.4 Å². The lowest BCUT2D eigenvalue weighted by atomic mass is 10.2. The van der Waals surface area contributed by atoms with E-state index in [9.17, 15) is 14.7 Å². The molecule has 106 valence electrons. The van der Waals surface area contributed by atoms with Gasteiger partial charge < -0.3 is 14.8 Å². The van der Waals surface area contributed by atoms with E-state index in [1.165, 1.54) is 25.3 Å². The van der Waals surface area contributed by atoms with E-state index in [-0.39, 0.29) is 17.0 Å². The number of aldehydes is 1. The van der Waals surface area contributed by atoms with Gasteiger partial charge in [-0.25, -0.2) is 4.79 Å². The number of hydrogen-bond donors (Lipinski definition) is 2. The Morgan fingerprint density at radius 3 is 2.80 bits per heavy atom. The highest BCUT2D eigenvalue weighted by Gasteiger charge is 2.14. The normalized spacial score (nSPS) is 12.2. The number of aromatic amines is 1. The second-order valence-corrected chi connectivity index (χ2v) is 3.93. The second kappa shape index (κ2) is 7.78. The average Bonchev–Trinajstić information content (AvgIpc) is 2.85. The SMILES string of the molecule is CC\C=C/C=C\C(O)=C\c1cc(C(=O)OC)c(C=O)[nH]1. The Bertz CT molecular complexity index is 564. The maximum absolute atomic E-state index is 11.4. The van der Waals surface area contributed by atoms with Crippen LogP contribution in [0.2, 0.25) is 0 Å². The molecule has 0 spiro atoms. The number of aromatic nitrogens is 1. The van der Waals surface area contributed by atoms with Crippen LogP contribution in [0.1, 0.15) is 39.9 Å². The summed E-state index contributed by atoms with van der Waals surface area (Å²) in [7, 11) is 1.24. The van der Waals surface area contributed by atoms with Crippen LogP contribution in [-0.2, 0) is 4.74 Å². The fourth-order valence-corrected chi connectivity index (χ4v) is 1.52. The number of hydrogen-bond acceptors (Lipinski definition) is 4. The Hall–Kier alpha value is -2.56. The predicted molar refractivity (Wildman–Crippen MR) is 76.7 cm³/mol. The molecular weight excluding hydrogens is 258 g/mol. The average molecular weight is 275 g/mol. The second-order valence-electron chi connectivity index (χ2n) is 3.93. The van der Waals surface area contributed by atoms with Gasteiger partial charge in [0.25, 0.3) is 0 Å². The number of methoxy groups -OCH3 is 1. The van der Waals surface area contributed by atoms with Crippen molar-refractivity contribution in [2.45, 2.75) is 13.3 Å². The zero-order valence-corrected chi connectivity index (χ0v) is 11.4. The zero-order chi connectivity index (χ0) is 15.0. The smallest absolute Gasteiger partial charge is 0.340 e. The number of nitrogens with one attached hydrogen (secondary N) is 1. The van der Waals surface area contributed by atoms with Gasteiger partial charge in [-0.15, -0.1) is 0 Å². The van der Waals surface area contributed by atoms with Crippen LogP contribution in [0.25, 0.3) is 6.08 Å². The Kier molecular flexibility index (Phi) is 6.03. The summed E-state index contributed by atoms with van der Waals surface area (Å²) in [5, 5.41) is 9.69. The van der Waals surface area contributed by atoms with E-state index in [0.717, 1.165) is 6.42 Å². The number of aliphatic hydroxyl groups is 1. The first-order valence-electron chi connectivity index (χ1n) is 6.12. The summed E-state index contributed by atoms with van der Waals surface area (Å²) in [6, 6.07) is 1.45. The van der Waals surface area contributed by atoms with Gasteiger partial charge in [0.15, 0.2) is 6.29 Å². The molecule has 0 radical (unpaired) electrons. The number of rotatable bonds is 6. The summed E-state index contributed by atoms with van der Waals surface area (Å²) in [6.45, 7) is 2.01. The van der Waals surface area contributed by atoms with E-state index in [1.54, 1.807) is 6.08 Å². The molecule has 5 nitrogen and oxygen atoms in total. The molecule has 1 rings (SSSR count). The Balaban J connectivity index is 2.95. The number of carbonyl (C=O) groups excluding carboxylic acids is 2. The molecule has 0 unspecified atom stereocenters. The van der Waals surface area contributed by atoms with Crippen LogP contribution in [-0.4, -0.2) is 29.5 Å². The van der Waals surface area contributed by atoms with Gasteiger partial charge in [0.2, 0.25) is 0 Å². The van der Waals surface area contributed by atoms with Crippen LogP contribution in [0.3, 0.4) is 0 Å². The third-order valence-electron chi connectivity index (χ3n) is 2.45. The Morgan fingerprint density at radius 1 is 1.45 bits per heavy atom. The summed E-state index contributed by atoms with van der Waals surface area (Å²) in [5.41, 5.74) is 0.691. The van der Waals surface area contributed by atoms with E-state index >= 15 is 0 Å². The number of carbonyl (C=O) groups is 2. The monoisotopic (exact) mass is 275 g/mol. The summed E-state index contributed by atoms with van der Waals surface area (Å²) in [6.07, 6.45) is 9.81. The molecular formula is C15H17NO4. The predicted octanol–water partition coefficient (Wildman–Crippen LogP) is 3.04. The summed E-state index contributed by atoms with van der Waals surface area (Å²) in [5.74, 6) is -0.607. The highest BCUT2D eigenvalue weighted by Crippen LogP contribution is 2.13. The number of allylic oxidation sites excluding steroid dienone is 4. The minimum Gasteiger partial charge on any atom is -0.508 e. The molecule has 0 aliphatic carbocycles. The van der Waals surface area contributed by atoms with Crippen molar-refractivity contribution in [3.63, 3.8) is 0 Å². The van der Waals surface area contributed by atoms with E-state index in [2.05, 4.69) is 9.72 Å². The van der Waals surface area contributed by atoms with Crippen molar-refractivity contribution in [3.8, 4) is 0 Å². The molecule has 1 heterocycles. The highest BCUT2D eigenvalue weighted by molar-refractivity contribution is 5.98. The first kappa shape index (κ1) is 15.5. The summed E-state index contributed by atoms with van der Waals surface area (Å²) >= 11 is 0. The van der Waals surface area contributed by atoms with Gasteiger partial charge in [0.1, 0.15) is 5.76 Å². The molecule has 0 saturated heterocycles. The highest BCUT2D eigenvalue weighted by atomic mass is 16.5. The molecule has 20 heavy (non-hydrogen) atoms. The van der Waals surface area contributed by atoms with Crippen molar-refractivity contribution in [3.05, 3.63) is 53.1 Å². The first-order valence-corrected chi connectivity index (χ1v) is 6.12. The van der Waals surface area contributed by atoms with Crippen LogP contribution in [0, 0.1) is 0 Å². The standard InChI is InChI=1S/C15H17NO4/c1-3-4-5-6-7-12(18)8-11-9-13(15(19)20-2)14(10-17)16-11/h4-10,16,18H,3H2,1-2H3/b5-4-,7-6-,12-8-. The molecule has 0 aromatic carbocycles. The Morgan fingerprint density at radius 2 is 2.20 bits per heavy atom. The van der Waals surface area contributed by atoms with Crippen molar-refractivity contribution in [1.82, 2.24) is 4.98 Å². The molecule has 0 atom stereocenters.